The smallest absolute Gasteiger partial charge is 0.199 e. The number of methoxy groups -OCH3 is 1. The van der Waals surface area contributed by atoms with Gasteiger partial charge in [-0.15, -0.1) is 0 Å². The molecule has 3 aromatic rings. The van der Waals surface area contributed by atoms with E-state index in [2.05, 4.69) is 45.1 Å². The van der Waals surface area contributed by atoms with Crippen molar-refractivity contribution >= 4 is 28.1 Å². The number of halogens is 1. The molecule has 0 radical (unpaired) electrons. The SMILES string of the molecule is COc1ccc(-c2nn(CN(Cc3ccc(Br)cc3)C3CC3)c(=S)n2C)cc1. The molecule has 1 aliphatic carbocycles. The average Bonchev–Trinajstić information content (AvgIpc) is 3.52. The van der Waals surface area contributed by atoms with Crippen molar-refractivity contribution in [2.45, 2.75) is 32.1 Å². The number of benzene rings is 2. The second-order valence-corrected chi connectivity index (χ2v) is 8.42. The predicted molar refractivity (Wildman–Crippen MR) is 117 cm³/mol. The molecule has 146 valence electrons. The zero-order valence-corrected chi connectivity index (χ0v) is 18.4. The number of hydrogen-bond donors (Lipinski definition) is 0. The van der Waals surface area contributed by atoms with Crippen LogP contribution in [0.1, 0.15) is 18.4 Å². The first kappa shape index (κ1) is 19.4. The number of rotatable bonds is 7. The first-order chi connectivity index (χ1) is 13.5. The Morgan fingerprint density at radius 3 is 2.43 bits per heavy atom. The fourth-order valence-electron chi connectivity index (χ4n) is 3.30. The molecule has 1 saturated carbocycles. The lowest BCUT2D eigenvalue weighted by Gasteiger charge is -2.21. The van der Waals surface area contributed by atoms with Crippen LogP contribution in [0, 0.1) is 4.77 Å². The molecule has 4 rings (SSSR count). The second kappa shape index (κ2) is 8.19. The van der Waals surface area contributed by atoms with E-state index in [1.807, 2.05) is 40.6 Å². The van der Waals surface area contributed by atoms with E-state index in [4.69, 9.17) is 22.1 Å². The van der Waals surface area contributed by atoms with Crippen molar-refractivity contribution in [2.24, 2.45) is 7.05 Å². The van der Waals surface area contributed by atoms with Gasteiger partial charge < -0.3 is 9.30 Å². The predicted octanol–water partition coefficient (Wildman–Crippen LogP) is 5.01. The molecule has 28 heavy (non-hydrogen) atoms. The van der Waals surface area contributed by atoms with Crippen molar-refractivity contribution < 1.29 is 4.74 Å². The molecule has 0 unspecified atom stereocenters. The molecule has 1 aromatic heterocycles. The van der Waals surface area contributed by atoms with Crippen LogP contribution in [0.25, 0.3) is 11.4 Å². The first-order valence-corrected chi connectivity index (χ1v) is 10.5. The maximum atomic E-state index is 5.68. The van der Waals surface area contributed by atoms with Crippen LogP contribution < -0.4 is 4.74 Å². The van der Waals surface area contributed by atoms with E-state index in [1.54, 1.807) is 7.11 Å². The molecule has 5 nitrogen and oxygen atoms in total. The molecular formula is C21H23BrN4OS. The molecule has 0 spiro atoms. The Kier molecular flexibility index (Phi) is 5.66. The molecule has 0 atom stereocenters. The van der Waals surface area contributed by atoms with Gasteiger partial charge in [0, 0.05) is 29.7 Å². The first-order valence-electron chi connectivity index (χ1n) is 9.32. The Labute approximate surface area is 178 Å². The topological polar surface area (TPSA) is 35.2 Å². The van der Waals surface area contributed by atoms with E-state index >= 15 is 0 Å². The molecule has 0 bridgehead atoms. The normalized spacial score (nSPS) is 13.9. The molecule has 0 saturated heterocycles. The van der Waals surface area contributed by atoms with Crippen LogP contribution in [0.4, 0.5) is 0 Å². The molecular weight excluding hydrogens is 436 g/mol. The summed E-state index contributed by atoms with van der Waals surface area (Å²) in [5.74, 6) is 1.70. The lowest BCUT2D eigenvalue weighted by molar-refractivity contribution is 0.186. The molecule has 7 heteroatoms. The summed E-state index contributed by atoms with van der Waals surface area (Å²) in [5, 5.41) is 4.83. The minimum Gasteiger partial charge on any atom is -0.497 e. The maximum Gasteiger partial charge on any atom is 0.199 e. The van der Waals surface area contributed by atoms with Crippen molar-refractivity contribution in [1.29, 1.82) is 0 Å². The van der Waals surface area contributed by atoms with Gasteiger partial charge in [0.2, 0.25) is 0 Å². The minimum absolute atomic E-state index is 0.608. The Balaban J connectivity index is 1.57. The summed E-state index contributed by atoms with van der Waals surface area (Å²) in [4.78, 5) is 2.46. The summed E-state index contributed by atoms with van der Waals surface area (Å²) in [6.07, 6.45) is 2.48. The lowest BCUT2D eigenvalue weighted by atomic mass is 10.2. The fraction of sp³-hybridized carbons (Fsp3) is 0.333. The standard InChI is InChI=1S/C21H23BrN4OS/c1-24-20(16-5-11-19(27-2)12-6-16)23-26(21(24)28)14-25(18-9-10-18)13-15-3-7-17(22)8-4-15/h3-8,11-12,18H,9-10,13-14H2,1-2H3. The number of ether oxygens (including phenoxy) is 1. The van der Waals surface area contributed by atoms with E-state index in [0.717, 1.165) is 32.9 Å². The van der Waals surface area contributed by atoms with E-state index in [1.165, 1.54) is 18.4 Å². The van der Waals surface area contributed by atoms with Gasteiger partial charge >= 0.3 is 0 Å². The molecule has 0 N–H and O–H groups in total. The summed E-state index contributed by atoms with van der Waals surface area (Å²) in [5.41, 5.74) is 2.33. The van der Waals surface area contributed by atoms with Gasteiger partial charge in [-0.25, -0.2) is 4.68 Å². The van der Waals surface area contributed by atoms with Crippen molar-refractivity contribution in [3.8, 4) is 17.1 Å². The van der Waals surface area contributed by atoms with E-state index < -0.39 is 0 Å². The third-order valence-electron chi connectivity index (χ3n) is 5.07. The van der Waals surface area contributed by atoms with Crippen LogP contribution in [0.15, 0.2) is 53.0 Å². The highest BCUT2D eigenvalue weighted by molar-refractivity contribution is 9.10. The van der Waals surface area contributed by atoms with Gasteiger partial charge in [0.1, 0.15) is 5.75 Å². The van der Waals surface area contributed by atoms with Crippen LogP contribution in [-0.4, -0.2) is 32.4 Å². The van der Waals surface area contributed by atoms with Gasteiger partial charge in [-0.3, -0.25) is 4.90 Å². The van der Waals surface area contributed by atoms with Crippen LogP contribution in [-0.2, 0) is 20.3 Å². The third kappa shape index (κ3) is 4.21. The summed E-state index contributed by atoms with van der Waals surface area (Å²) < 4.78 is 11.0. The molecule has 0 amide bonds. The zero-order chi connectivity index (χ0) is 19.7. The van der Waals surface area contributed by atoms with Crippen LogP contribution in [0.5, 0.6) is 5.75 Å². The van der Waals surface area contributed by atoms with Gasteiger partial charge in [-0.2, -0.15) is 5.10 Å². The van der Waals surface area contributed by atoms with Gasteiger partial charge in [-0.05, 0) is 67.0 Å². The second-order valence-electron chi connectivity index (χ2n) is 7.14. The van der Waals surface area contributed by atoms with E-state index in [0.29, 0.717) is 12.7 Å². The Bertz CT molecular complexity index is 1010. The molecule has 0 aliphatic heterocycles. The number of nitrogens with zero attached hydrogens (tertiary/aromatic N) is 4. The Morgan fingerprint density at radius 2 is 1.82 bits per heavy atom. The van der Waals surface area contributed by atoms with Gasteiger partial charge in [-0.1, -0.05) is 28.1 Å². The summed E-state index contributed by atoms with van der Waals surface area (Å²) in [6.45, 7) is 1.59. The van der Waals surface area contributed by atoms with Crippen LogP contribution >= 0.6 is 28.1 Å². The molecule has 1 aliphatic rings. The fourth-order valence-corrected chi connectivity index (χ4v) is 3.75. The minimum atomic E-state index is 0.608. The van der Waals surface area contributed by atoms with Gasteiger partial charge in [0.25, 0.3) is 0 Å². The largest absolute Gasteiger partial charge is 0.497 e. The quantitative estimate of drug-likeness (QED) is 0.466. The lowest BCUT2D eigenvalue weighted by Crippen LogP contribution is -2.29. The van der Waals surface area contributed by atoms with Crippen molar-refractivity contribution in [3.63, 3.8) is 0 Å². The van der Waals surface area contributed by atoms with Crippen molar-refractivity contribution in [3.05, 3.63) is 63.3 Å². The Hall–Kier alpha value is -1.96. The highest BCUT2D eigenvalue weighted by Crippen LogP contribution is 2.29. The average molecular weight is 459 g/mol. The third-order valence-corrected chi connectivity index (χ3v) is 6.08. The molecule has 1 heterocycles. The highest BCUT2D eigenvalue weighted by Gasteiger charge is 2.29. The zero-order valence-electron chi connectivity index (χ0n) is 16.0. The summed E-state index contributed by atoms with van der Waals surface area (Å²) in [7, 11) is 3.64. The number of hydrogen-bond acceptors (Lipinski definition) is 4. The molecule has 2 aromatic carbocycles. The summed E-state index contributed by atoms with van der Waals surface area (Å²) in [6, 6.07) is 17.0. The van der Waals surface area contributed by atoms with E-state index in [-0.39, 0.29) is 0 Å². The molecule has 1 fully saturated rings. The Morgan fingerprint density at radius 1 is 1.14 bits per heavy atom. The van der Waals surface area contributed by atoms with Crippen LogP contribution in [0.3, 0.4) is 0 Å². The van der Waals surface area contributed by atoms with E-state index in [9.17, 15) is 0 Å². The van der Waals surface area contributed by atoms with Gasteiger partial charge in [0.15, 0.2) is 10.6 Å². The maximum absolute atomic E-state index is 5.68. The number of aromatic nitrogens is 3. The van der Waals surface area contributed by atoms with Crippen molar-refractivity contribution in [2.75, 3.05) is 7.11 Å². The van der Waals surface area contributed by atoms with Crippen LogP contribution in [0.2, 0.25) is 0 Å². The highest BCUT2D eigenvalue weighted by atomic mass is 79.9. The monoisotopic (exact) mass is 458 g/mol. The van der Waals surface area contributed by atoms with Gasteiger partial charge in [0.05, 0.1) is 13.8 Å². The summed E-state index contributed by atoms with van der Waals surface area (Å²) >= 11 is 9.18. The van der Waals surface area contributed by atoms with Crippen molar-refractivity contribution in [1.82, 2.24) is 19.2 Å².